The number of aromatic nitrogens is 1. The van der Waals surface area contributed by atoms with Crippen molar-refractivity contribution in [2.45, 2.75) is 32.6 Å². The molecule has 0 spiro atoms. The van der Waals surface area contributed by atoms with Crippen LogP contribution in [0.1, 0.15) is 43.0 Å². The lowest BCUT2D eigenvalue weighted by Crippen LogP contribution is -2.25. The van der Waals surface area contributed by atoms with Gasteiger partial charge in [0.1, 0.15) is 11.4 Å². The lowest BCUT2D eigenvalue weighted by atomic mass is 9.85. The molecule has 0 saturated carbocycles. The second-order valence-corrected chi connectivity index (χ2v) is 6.35. The van der Waals surface area contributed by atoms with E-state index in [2.05, 4.69) is 29.0 Å². The van der Waals surface area contributed by atoms with Gasteiger partial charge in [-0.15, -0.1) is 0 Å². The molecule has 0 amide bonds. The van der Waals surface area contributed by atoms with E-state index in [9.17, 15) is 4.79 Å². The number of hydrogen-bond acceptors (Lipinski definition) is 4. The molecule has 2 unspecified atom stereocenters. The number of ether oxygens (including phenoxy) is 1. The van der Waals surface area contributed by atoms with Crippen molar-refractivity contribution < 1.29 is 9.53 Å². The molecule has 2 atom stereocenters. The highest BCUT2D eigenvalue weighted by Crippen LogP contribution is 2.26. The summed E-state index contributed by atoms with van der Waals surface area (Å²) < 4.78 is 5.60. The van der Waals surface area contributed by atoms with Gasteiger partial charge in [-0.05, 0) is 49.7 Å². The van der Waals surface area contributed by atoms with Gasteiger partial charge in [-0.3, -0.25) is 0 Å². The van der Waals surface area contributed by atoms with Crippen molar-refractivity contribution >= 4 is 11.8 Å². The molecule has 1 aromatic rings. The molecule has 2 heterocycles. The first-order valence-electron chi connectivity index (χ1n) is 8.28. The van der Waals surface area contributed by atoms with Gasteiger partial charge in [-0.2, -0.15) is 0 Å². The van der Waals surface area contributed by atoms with Crippen LogP contribution in [0.15, 0.2) is 30.5 Å². The quantitative estimate of drug-likeness (QED) is 0.631. The Morgan fingerprint density at radius 3 is 2.86 bits per heavy atom. The van der Waals surface area contributed by atoms with E-state index >= 15 is 0 Å². The Bertz CT molecular complexity index is 550. The Morgan fingerprint density at radius 2 is 2.09 bits per heavy atom. The van der Waals surface area contributed by atoms with Crippen LogP contribution in [0.5, 0.6) is 0 Å². The van der Waals surface area contributed by atoms with Crippen LogP contribution in [0.25, 0.3) is 0 Å². The molecule has 1 aliphatic carbocycles. The molecular formula is C18H24N2O2. The predicted octanol–water partition coefficient (Wildman–Crippen LogP) is 3.44. The summed E-state index contributed by atoms with van der Waals surface area (Å²) in [5.74, 6) is 1.55. The molecule has 1 fully saturated rings. The van der Waals surface area contributed by atoms with Gasteiger partial charge in [0, 0.05) is 19.3 Å². The molecule has 4 nitrogen and oxygen atoms in total. The van der Waals surface area contributed by atoms with Gasteiger partial charge in [0.2, 0.25) is 0 Å². The third-order valence-corrected chi connectivity index (χ3v) is 4.76. The number of rotatable bonds is 4. The van der Waals surface area contributed by atoms with E-state index in [1.54, 1.807) is 6.20 Å². The maximum Gasteiger partial charge on any atom is 0.341 e. The average molecular weight is 300 g/mol. The number of anilines is 1. The van der Waals surface area contributed by atoms with Crippen LogP contribution >= 0.6 is 0 Å². The van der Waals surface area contributed by atoms with Crippen molar-refractivity contribution in [3.8, 4) is 0 Å². The van der Waals surface area contributed by atoms with Gasteiger partial charge in [0.05, 0.1) is 6.61 Å². The fourth-order valence-electron chi connectivity index (χ4n) is 3.24. The summed E-state index contributed by atoms with van der Waals surface area (Å²) in [5.41, 5.74) is 0.600. The maximum absolute atomic E-state index is 12.5. The summed E-state index contributed by atoms with van der Waals surface area (Å²) in [7, 11) is 0. The SMILES string of the molecule is CC1CC=CCC1COC(=O)c1cccnc1N1CCCC1. The minimum absolute atomic E-state index is 0.239. The average Bonchev–Trinajstić information content (AvgIpc) is 3.08. The number of carbonyl (C=O) groups excluding carboxylic acids is 1. The van der Waals surface area contributed by atoms with Crippen molar-refractivity contribution in [3.63, 3.8) is 0 Å². The fourth-order valence-corrected chi connectivity index (χ4v) is 3.24. The first kappa shape index (κ1) is 15.1. The van der Waals surface area contributed by atoms with Crippen molar-refractivity contribution in [1.29, 1.82) is 0 Å². The third kappa shape index (κ3) is 3.32. The van der Waals surface area contributed by atoms with E-state index in [0.717, 1.165) is 44.6 Å². The third-order valence-electron chi connectivity index (χ3n) is 4.76. The predicted molar refractivity (Wildman–Crippen MR) is 87.0 cm³/mol. The summed E-state index contributed by atoms with van der Waals surface area (Å²) in [6, 6.07) is 3.63. The molecular weight excluding hydrogens is 276 g/mol. The number of pyridine rings is 1. The lowest BCUT2D eigenvalue weighted by Gasteiger charge is -2.25. The number of esters is 1. The van der Waals surface area contributed by atoms with Crippen LogP contribution in [-0.2, 0) is 4.74 Å². The number of allylic oxidation sites excluding steroid dienone is 2. The van der Waals surface area contributed by atoms with Crippen molar-refractivity contribution in [2.75, 3.05) is 24.6 Å². The molecule has 1 saturated heterocycles. The minimum atomic E-state index is -0.239. The van der Waals surface area contributed by atoms with Crippen LogP contribution in [-0.4, -0.2) is 30.6 Å². The first-order chi connectivity index (χ1) is 10.8. The van der Waals surface area contributed by atoms with E-state index < -0.39 is 0 Å². The molecule has 22 heavy (non-hydrogen) atoms. The van der Waals surface area contributed by atoms with Crippen molar-refractivity contribution in [3.05, 3.63) is 36.0 Å². The number of hydrogen-bond donors (Lipinski definition) is 0. The van der Waals surface area contributed by atoms with Gasteiger partial charge >= 0.3 is 5.97 Å². The van der Waals surface area contributed by atoms with Crippen LogP contribution in [0.2, 0.25) is 0 Å². The van der Waals surface area contributed by atoms with E-state index in [-0.39, 0.29) is 5.97 Å². The summed E-state index contributed by atoms with van der Waals surface area (Å²) in [5, 5.41) is 0. The molecule has 0 bridgehead atoms. The Balaban J connectivity index is 1.66. The van der Waals surface area contributed by atoms with Gasteiger partial charge in [-0.1, -0.05) is 19.1 Å². The van der Waals surface area contributed by atoms with E-state index in [0.29, 0.717) is 24.0 Å². The number of nitrogens with zero attached hydrogens (tertiary/aromatic N) is 2. The summed E-state index contributed by atoms with van der Waals surface area (Å²) >= 11 is 0. The minimum Gasteiger partial charge on any atom is -0.462 e. The molecule has 0 radical (unpaired) electrons. The van der Waals surface area contributed by atoms with Crippen LogP contribution in [0.4, 0.5) is 5.82 Å². The smallest absolute Gasteiger partial charge is 0.341 e. The standard InChI is InChI=1S/C18H24N2O2/c1-14-7-2-3-8-15(14)13-22-18(21)16-9-6-10-19-17(16)20-11-4-5-12-20/h2-3,6,9-10,14-15H,4-5,7-8,11-13H2,1H3. The lowest BCUT2D eigenvalue weighted by molar-refractivity contribution is 0.0395. The van der Waals surface area contributed by atoms with E-state index in [4.69, 9.17) is 4.74 Å². The van der Waals surface area contributed by atoms with E-state index in [1.165, 1.54) is 0 Å². The maximum atomic E-state index is 12.5. The van der Waals surface area contributed by atoms with Gasteiger partial charge < -0.3 is 9.64 Å². The second-order valence-electron chi connectivity index (χ2n) is 6.35. The first-order valence-corrected chi connectivity index (χ1v) is 8.28. The van der Waals surface area contributed by atoms with Crippen molar-refractivity contribution in [1.82, 2.24) is 4.98 Å². The fraction of sp³-hybridized carbons (Fsp3) is 0.556. The molecule has 118 valence electrons. The van der Waals surface area contributed by atoms with Gasteiger partial charge in [0.25, 0.3) is 0 Å². The highest BCUT2D eigenvalue weighted by Gasteiger charge is 2.24. The number of carbonyl (C=O) groups is 1. The Hall–Kier alpha value is -1.84. The zero-order chi connectivity index (χ0) is 15.4. The van der Waals surface area contributed by atoms with E-state index in [1.807, 2.05) is 12.1 Å². The van der Waals surface area contributed by atoms with Gasteiger partial charge in [-0.25, -0.2) is 9.78 Å². The highest BCUT2D eigenvalue weighted by atomic mass is 16.5. The zero-order valence-electron chi connectivity index (χ0n) is 13.2. The van der Waals surface area contributed by atoms with Crippen LogP contribution < -0.4 is 4.90 Å². The monoisotopic (exact) mass is 300 g/mol. The molecule has 1 aromatic heterocycles. The second kappa shape index (κ2) is 6.95. The molecule has 1 aliphatic heterocycles. The normalized spacial score (nSPS) is 24.5. The Kier molecular flexibility index (Phi) is 4.76. The van der Waals surface area contributed by atoms with Crippen LogP contribution in [0, 0.1) is 11.8 Å². The molecule has 2 aliphatic rings. The summed E-state index contributed by atoms with van der Waals surface area (Å²) in [6.07, 6.45) is 10.6. The molecule has 3 rings (SSSR count). The van der Waals surface area contributed by atoms with Crippen molar-refractivity contribution in [2.24, 2.45) is 11.8 Å². The Morgan fingerprint density at radius 1 is 1.32 bits per heavy atom. The molecule has 0 aromatic carbocycles. The highest BCUT2D eigenvalue weighted by molar-refractivity contribution is 5.94. The summed E-state index contributed by atoms with van der Waals surface area (Å²) in [4.78, 5) is 19.1. The Labute approximate surface area is 132 Å². The largest absolute Gasteiger partial charge is 0.462 e. The summed E-state index contributed by atoms with van der Waals surface area (Å²) in [6.45, 7) is 4.67. The zero-order valence-corrected chi connectivity index (χ0v) is 13.2. The topological polar surface area (TPSA) is 42.4 Å². The molecule has 0 N–H and O–H groups in total. The van der Waals surface area contributed by atoms with Crippen LogP contribution in [0.3, 0.4) is 0 Å². The van der Waals surface area contributed by atoms with Gasteiger partial charge in [0.15, 0.2) is 0 Å². The molecule has 4 heteroatoms.